The molecule has 0 saturated carbocycles. The molecule has 1 amide bonds. The topological polar surface area (TPSA) is 64.6 Å². The third kappa shape index (κ3) is 6.24. The van der Waals surface area contributed by atoms with Crippen LogP contribution in [0.15, 0.2) is 0 Å². The number of carbonyl (C=O) groups excluding carboxylic acids is 2. The molecule has 19 heteroatoms. The summed E-state index contributed by atoms with van der Waals surface area (Å²) >= 11 is -1.74. The summed E-state index contributed by atoms with van der Waals surface area (Å²) in [5.41, 5.74) is -1.26. The molecular weight excluding hydrogens is 537 g/mol. The highest BCUT2D eigenvalue weighted by molar-refractivity contribution is 8.00. The van der Waals surface area contributed by atoms with E-state index >= 15 is 0 Å². The molecule has 0 aromatic heterocycles. The maximum atomic E-state index is 13.8. The number of hydrogen-bond acceptors (Lipinski definition) is 5. The Balaban J connectivity index is 5.98. The first kappa shape index (κ1) is 32.2. The van der Waals surface area contributed by atoms with Crippen molar-refractivity contribution in [3.8, 4) is 0 Å². The van der Waals surface area contributed by atoms with Crippen molar-refractivity contribution in [3.05, 3.63) is 0 Å². The summed E-state index contributed by atoms with van der Waals surface area (Å²) in [6.45, 7) is 3.84. The summed E-state index contributed by atoms with van der Waals surface area (Å²) in [5, 5.41) is -4.96. The Hall–Kier alpha value is -1.82. The minimum Gasteiger partial charge on any atom is -0.467 e. The predicted molar refractivity (Wildman–Crippen MR) is 88.4 cm³/mol. The summed E-state index contributed by atoms with van der Waals surface area (Å²) in [6.07, 6.45) is -9.06. The molecule has 0 bridgehead atoms. The third-order valence-corrected chi connectivity index (χ3v) is 4.63. The Bertz CT molecular complexity index is 750. The van der Waals surface area contributed by atoms with Crippen LogP contribution >= 0.6 is 11.8 Å². The summed E-state index contributed by atoms with van der Waals surface area (Å²) < 4.78 is 179. The fourth-order valence-corrected chi connectivity index (χ4v) is 2.70. The first-order chi connectivity index (χ1) is 14.7. The number of thioether (sulfide) groups is 1. The molecule has 0 aromatic rings. The van der Waals surface area contributed by atoms with Gasteiger partial charge in [-0.25, -0.2) is 9.59 Å². The lowest BCUT2D eigenvalue weighted by Crippen LogP contribution is -2.69. The number of amides is 1. The summed E-state index contributed by atoms with van der Waals surface area (Å²) in [7, 11) is 0.595. The maximum absolute atomic E-state index is 13.8. The molecule has 0 heterocycles. The Morgan fingerprint density at radius 2 is 1.18 bits per heavy atom. The number of nitrogens with one attached hydrogen (secondary N) is 1. The van der Waals surface area contributed by atoms with E-state index in [2.05, 4.69) is 9.47 Å². The van der Waals surface area contributed by atoms with Crippen molar-refractivity contribution in [2.24, 2.45) is 0 Å². The van der Waals surface area contributed by atoms with Crippen molar-refractivity contribution in [2.75, 3.05) is 12.9 Å². The van der Waals surface area contributed by atoms with Gasteiger partial charge < -0.3 is 14.8 Å². The molecule has 0 spiro atoms. The quantitative estimate of drug-likeness (QED) is 0.303. The largest absolute Gasteiger partial charge is 0.467 e. The fourth-order valence-electron chi connectivity index (χ4n) is 1.79. The summed E-state index contributed by atoms with van der Waals surface area (Å²) in [5.74, 6) is -34.9. The molecule has 0 saturated heterocycles. The molecular formula is C15H16F13NO4S. The van der Waals surface area contributed by atoms with Crippen LogP contribution in [0.2, 0.25) is 0 Å². The van der Waals surface area contributed by atoms with Gasteiger partial charge in [0.15, 0.2) is 0 Å². The molecule has 5 nitrogen and oxygen atoms in total. The molecule has 0 radical (unpaired) electrons. The first-order valence-corrected chi connectivity index (χ1v) is 9.35. The van der Waals surface area contributed by atoms with Gasteiger partial charge >= 0.3 is 47.2 Å². The van der Waals surface area contributed by atoms with Crippen molar-refractivity contribution in [3.63, 3.8) is 0 Å². The van der Waals surface area contributed by atoms with Gasteiger partial charge in [-0.1, -0.05) is 11.8 Å². The first-order valence-electron chi connectivity index (χ1n) is 8.36. The van der Waals surface area contributed by atoms with E-state index in [0.717, 1.165) is 0 Å². The summed E-state index contributed by atoms with van der Waals surface area (Å²) in [6, 6.07) is -2.36. The number of methoxy groups -OCH3 is 1. The molecule has 0 fully saturated rings. The molecule has 0 aliphatic heterocycles. The van der Waals surface area contributed by atoms with Gasteiger partial charge in [-0.15, -0.1) is 0 Å². The number of ether oxygens (including phenoxy) is 2. The summed E-state index contributed by atoms with van der Waals surface area (Å²) in [4.78, 5) is 23.2. The van der Waals surface area contributed by atoms with Crippen molar-refractivity contribution < 1.29 is 76.1 Å². The molecule has 0 unspecified atom stereocenters. The molecule has 0 aliphatic rings. The van der Waals surface area contributed by atoms with Crippen LogP contribution in [0.25, 0.3) is 0 Å². The van der Waals surface area contributed by atoms with Crippen molar-refractivity contribution >= 4 is 23.8 Å². The molecule has 202 valence electrons. The number of rotatable bonds is 9. The van der Waals surface area contributed by atoms with E-state index in [9.17, 15) is 66.7 Å². The number of carbonyl (C=O) groups is 2. The normalized spacial score (nSPS) is 15.6. The van der Waals surface area contributed by atoms with Gasteiger partial charge in [0, 0.05) is 5.75 Å². The molecule has 0 aliphatic carbocycles. The zero-order valence-electron chi connectivity index (χ0n) is 17.2. The van der Waals surface area contributed by atoms with Gasteiger partial charge in [0.05, 0.1) is 7.11 Å². The smallest absolute Gasteiger partial charge is 0.460 e. The minimum atomic E-state index is -8.04. The van der Waals surface area contributed by atoms with Crippen molar-refractivity contribution in [1.29, 1.82) is 0 Å². The van der Waals surface area contributed by atoms with E-state index in [1.165, 1.54) is 26.1 Å². The Morgan fingerprint density at radius 3 is 1.53 bits per heavy atom. The second-order valence-corrected chi connectivity index (χ2v) is 8.48. The number of alkyl carbamates (subject to hydrolysis) is 1. The molecule has 1 N–H and O–H groups in total. The molecule has 34 heavy (non-hydrogen) atoms. The van der Waals surface area contributed by atoms with Crippen LogP contribution in [-0.2, 0) is 14.3 Å². The second-order valence-electron chi connectivity index (χ2n) is 7.35. The molecule has 0 aromatic carbocycles. The Labute approximate surface area is 186 Å². The third-order valence-electron chi connectivity index (χ3n) is 3.51. The highest BCUT2D eigenvalue weighted by atomic mass is 32.2. The van der Waals surface area contributed by atoms with Crippen LogP contribution in [0.5, 0.6) is 0 Å². The van der Waals surface area contributed by atoms with E-state index in [1.54, 1.807) is 0 Å². The lowest BCUT2D eigenvalue weighted by molar-refractivity contribution is -0.433. The van der Waals surface area contributed by atoms with Crippen LogP contribution < -0.4 is 5.32 Å². The number of esters is 1. The SMILES string of the molecule is COC(=O)[C@H](CSC(F)(F)C(F)(F)C(F)(F)C(F)(F)C(F)(F)C(F)(F)F)NC(=O)OC(C)(C)C. The Morgan fingerprint density at radius 1 is 0.765 bits per heavy atom. The molecule has 0 rings (SSSR count). The second kappa shape index (κ2) is 9.67. The maximum Gasteiger partial charge on any atom is 0.460 e. The lowest BCUT2D eigenvalue weighted by atomic mass is 9.98. The predicted octanol–water partition coefficient (Wildman–Crippen LogP) is 5.48. The zero-order valence-corrected chi connectivity index (χ0v) is 18.1. The number of hydrogen-bond donors (Lipinski definition) is 1. The number of halogens is 13. The zero-order chi connectivity index (χ0) is 27.8. The lowest BCUT2D eigenvalue weighted by Gasteiger charge is -2.39. The van der Waals surface area contributed by atoms with Gasteiger partial charge in [0.1, 0.15) is 11.6 Å². The van der Waals surface area contributed by atoms with E-state index in [-0.39, 0.29) is 0 Å². The highest BCUT2D eigenvalue weighted by Crippen LogP contribution is 2.61. The van der Waals surface area contributed by atoms with E-state index in [0.29, 0.717) is 7.11 Å². The number of alkyl halides is 13. The fraction of sp³-hybridized carbons (Fsp3) is 0.867. The van der Waals surface area contributed by atoms with Crippen molar-refractivity contribution in [2.45, 2.75) is 67.5 Å². The van der Waals surface area contributed by atoms with Crippen LogP contribution in [0.3, 0.4) is 0 Å². The highest BCUT2D eigenvalue weighted by Gasteiger charge is 2.90. The van der Waals surface area contributed by atoms with Gasteiger partial charge in [-0.05, 0) is 20.8 Å². The van der Waals surface area contributed by atoms with Crippen LogP contribution in [0, 0.1) is 0 Å². The average Bonchev–Trinajstić information content (AvgIpc) is 2.61. The van der Waals surface area contributed by atoms with Crippen LogP contribution in [-0.4, -0.2) is 71.7 Å². The van der Waals surface area contributed by atoms with E-state index < -0.39 is 76.3 Å². The van der Waals surface area contributed by atoms with E-state index in [4.69, 9.17) is 0 Å². The van der Waals surface area contributed by atoms with Gasteiger partial charge in [-0.3, -0.25) is 0 Å². The van der Waals surface area contributed by atoms with Crippen LogP contribution in [0.4, 0.5) is 61.9 Å². The van der Waals surface area contributed by atoms with E-state index in [1.807, 2.05) is 0 Å². The standard InChI is InChI=1S/C15H16F13NO4S/c1-9(2,3)33-8(31)29-6(7(30)32-4)5-34-15(27,28)13(22,23)11(18,19)10(16,17)12(20,21)14(24,25)26/h6H,5H2,1-4H3,(H,29,31)/t6-/m0/s1. The average molecular weight is 553 g/mol. The Kier molecular flexibility index (Phi) is 9.16. The van der Waals surface area contributed by atoms with Gasteiger partial charge in [-0.2, -0.15) is 57.1 Å². The van der Waals surface area contributed by atoms with Gasteiger partial charge in [0.25, 0.3) is 0 Å². The van der Waals surface area contributed by atoms with Crippen molar-refractivity contribution in [1.82, 2.24) is 5.32 Å². The van der Waals surface area contributed by atoms with Gasteiger partial charge in [0.2, 0.25) is 0 Å². The molecule has 1 atom stereocenters. The minimum absolute atomic E-state index is 0.595. The monoisotopic (exact) mass is 553 g/mol. The van der Waals surface area contributed by atoms with Crippen LogP contribution in [0.1, 0.15) is 20.8 Å².